The van der Waals surface area contributed by atoms with Gasteiger partial charge >= 0.3 is 0 Å². The van der Waals surface area contributed by atoms with Gasteiger partial charge in [-0.05, 0) is 25.7 Å². The number of carbonyl (C=O) groups is 2. The summed E-state index contributed by atoms with van der Waals surface area (Å²) in [5.74, 6) is 0.182. The molecule has 19 heavy (non-hydrogen) atoms. The topological polar surface area (TPSA) is 49.4 Å². The van der Waals surface area contributed by atoms with E-state index in [2.05, 4.69) is 5.32 Å². The molecule has 1 N–H and O–H groups in total. The van der Waals surface area contributed by atoms with Gasteiger partial charge in [0, 0.05) is 25.6 Å². The molecule has 2 saturated carbocycles. The highest BCUT2D eigenvalue weighted by Gasteiger charge is 2.50. The van der Waals surface area contributed by atoms with Crippen molar-refractivity contribution in [2.45, 2.75) is 63.8 Å². The first kappa shape index (κ1) is 13.1. The second-order valence-electron chi connectivity index (χ2n) is 6.45. The maximum absolute atomic E-state index is 12.6. The van der Waals surface area contributed by atoms with Crippen LogP contribution in [0.4, 0.5) is 0 Å². The summed E-state index contributed by atoms with van der Waals surface area (Å²) in [6.07, 6.45) is 9.43. The predicted molar refractivity (Wildman–Crippen MR) is 72.5 cm³/mol. The molecule has 0 aromatic rings. The molecule has 4 nitrogen and oxygen atoms in total. The number of imide groups is 1. The average Bonchev–Trinajstić information content (AvgIpc) is 3.18. The van der Waals surface area contributed by atoms with Crippen LogP contribution >= 0.6 is 0 Å². The van der Waals surface area contributed by atoms with Crippen molar-refractivity contribution in [1.29, 1.82) is 0 Å². The molecule has 0 radical (unpaired) electrons. The number of likely N-dealkylation sites (tertiary alicyclic amines) is 1. The Morgan fingerprint density at radius 2 is 1.79 bits per heavy atom. The van der Waals surface area contributed by atoms with Crippen LogP contribution in [0.5, 0.6) is 0 Å². The summed E-state index contributed by atoms with van der Waals surface area (Å²) in [5, 5.41) is 3.38. The lowest BCUT2D eigenvalue weighted by Gasteiger charge is -2.25. The summed E-state index contributed by atoms with van der Waals surface area (Å²) in [6.45, 7) is 1.33. The van der Waals surface area contributed by atoms with Gasteiger partial charge in [-0.15, -0.1) is 0 Å². The van der Waals surface area contributed by atoms with Gasteiger partial charge in [0.2, 0.25) is 11.8 Å². The highest BCUT2D eigenvalue weighted by Crippen LogP contribution is 2.44. The van der Waals surface area contributed by atoms with Gasteiger partial charge in [0.25, 0.3) is 0 Å². The third kappa shape index (κ3) is 2.69. The Bertz CT molecular complexity index is 368. The maximum atomic E-state index is 12.6. The maximum Gasteiger partial charge on any atom is 0.235 e. The number of hydrogen-bond acceptors (Lipinski definition) is 3. The smallest absolute Gasteiger partial charge is 0.235 e. The molecule has 0 aromatic heterocycles. The van der Waals surface area contributed by atoms with E-state index >= 15 is 0 Å². The van der Waals surface area contributed by atoms with E-state index in [0.29, 0.717) is 19.0 Å². The monoisotopic (exact) mass is 264 g/mol. The molecule has 4 heteroatoms. The summed E-state index contributed by atoms with van der Waals surface area (Å²) in [4.78, 5) is 26.3. The number of hydrogen-bond donors (Lipinski definition) is 1. The van der Waals surface area contributed by atoms with Crippen molar-refractivity contribution in [1.82, 2.24) is 10.2 Å². The minimum absolute atomic E-state index is 0.0597. The molecule has 2 aliphatic carbocycles. The SMILES string of the molecule is O=C1CC2(CCCCCC2)C(=O)N1CCNC1CC1. The molecular weight excluding hydrogens is 240 g/mol. The fourth-order valence-electron chi connectivity index (χ4n) is 3.55. The molecule has 1 aliphatic heterocycles. The first-order valence-corrected chi connectivity index (χ1v) is 7.79. The zero-order valence-corrected chi connectivity index (χ0v) is 11.6. The lowest BCUT2D eigenvalue weighted by molar-refractivity contribution is -0.141. The van der Waals surface area contributed by atoms with Crippen LogP contribution in [0, 0.1) is 5.41 Å². The first-order chi connectivity index (χ1) is 9.21. The Kier molecular flexibility index (Phi) is 3.61. The summed E-state index contributed by atoms with van der Waals surface area (Å²) in [7, 11) is 0. The number of nitrogens with zero attached hydrogens (tertiary/aromatic N) is 1. The van der Waals surface area contributed by atoms with E-state index in [0.717, 1.165) is 32.2 Å². The number of nitrogens with one attached hydrogen (secondary N) is 1. The van der Waals surface area contributed by atoms with Crippen molar-refractivity contribution in [2.75, 3.05) is 13.1 Å². The zero-order valence-electron chi connectivity index (χ0n) is 11.6. The molecule has 1 heterocycles. The Labute approximate surface area is 114 Å². The van der Waals surface area contributed by atoms with Gasteiger partial charge in [0.05, 0.1) is 5.41 Å². The number of rotatable bonds is 4. The molecule has 1 spiro atoms. The van der Waals surface area contributed by atoms with Crippen molar-refractivity contribution in [3.63, 3.8) is 0 Å². The van der Waals surface area contributed by atoms with Gasteiger partial charge in [0.15, 0.2) is 0 Å². The van der Waals surface area contributed by atoms with E-state index < -0.39 is 0 Å². The van der Waals surface area contributed by atoms with Gasteiger partial charge in [-0.2, -0.15) is 0 Å². The van der Waals surface area contributed by atoms with Crippen molar-refractivity contribution in [3.05, 3.63) is 0 Å². The standard InChI is InChI=1S/C15H24N2O2/c18-13-11-15(7-3-1-2-4-8-15)14(19)17(13)10-9-16-12-5-6-12/h12,16H,1-11H2. The first-order valence-electron chi connectivity index (χ1n) is 7.79. The van der Waals surface area contributed by atoms with Crippen LogP contribution in [0.2, 0.25) is 0 Å². The zero-order chi connectivity index (χ0) is 13.3. The van der Waals surface area contributed by atoms with Gasteiger partial charge in [-0.1, -0.05) is 25.7 Å². The average molecular weight is 264 g/mol. The minimum Gasteiger partial charge on any atom is -0.312 e. The quantitative estimate of drug-likeness (QED) is 0.788. The second-order valence-corrected chi connectivity index (χ2v) is 6.45. The number of carbonyl (C=O) groups excluding carboxylic acids is 2. The van der Waals surface area contributed by atoms with Gasteiger partial charge < -0.3 is 5.32 Å². The molecule has 3 rings (SSSR count). The summed E-state index contributed by atoms with van der Waals surface area (Å²) < 4.78 is 0. The van der Waals surface area contributed by atoms with Gasteiger partial charge in [-0.3, -0.25) is 14.5 Å². The summed E-state index contributed by atoms with van der Waals surface area (Å²) in [5.41, 5.74) is -0.326. The molecule has 3 fully saturated rings. The molecule has 1 saturated heterocycles. The molecule has 0 aromatic carbocycles. The predicted octanol–water partition coefficient (Wildman–Crippen LogP) is 1.84. The summed E-state index contributed by atoms with van der Waals surface area (Å²) >= 11 is 0. The highest BCUT2D eigenvalue weighted by molar-refractivity contribution is 6.05. The highest BCUT2D eigenvalue weighted by atomic mass is 16.2. The third-order valence-electron chi connectivity index (χ3n) is 4.90. The van der Waals surface area contributed by atoms with E-state index in [1.807, 2.05) is 0 Å². The lowest BCUT2D eigenvalue weighted by Crippen LogP contribution is -2.39. The van der Waals surface area contributed by atoms with E-state index in [1.165, 1.54) is 30.6 Å². The van der Waals surface area contributed by atoms with E-state index in [9.17, 15) is 9.59 Å². The fourth-order valence-corrected chi connectivity index (χ4v) is 3.55. The largest absolute Gasteiger partial charge is 0.312 e. The van der Waals surface area contributed by atoms with Crippen LogP contribution in [0.25, 0.3) is 0 Å². The van der Waals surface area contributed by atoms with Gasteiger partial charge in [0.1, 0.15) is 0 Å². The van der Waals surface area contributed by atoms with Crippen LogP contribution in [-0.2, 0) is 9.59 Å². The van der Waals surface area contributed by atoms with E-state index in [4.69, 9.17) is 0 Å². The fraction of sp³-hybridized carbons (Fsp3) is 0.867. The molecule has 0 unspecified atom stereocenters. The van der Waals surface area contributed by atoms with Crippen LogP contribution in [-0.4, -0.2) is 35.8 Å². The Morgan fingerprint density at radius 1 is 1.11 bits per heavy atom. The minimum atomic E-state index is -0.326. The third-order valence-corrected chi connectivity index (χ3v) is 4.90. The molecule has 2 amide bonds. The Balaban J connectivity index is 1.61. The molecule has 3 aliphatic rings. The second kappa shape index (κ2) is 5.23. The van der Waals surface area contributed by atoms with Crippen molar-refractivity contribution < 1.29 is 9.59 Å². The van der Waals surface area contributed by atoms with Crippen LogP contribution in [0.15, 0.2) is 0 Å². The molecular formula is C15H24N2O2. The van der Waals surface area contributed by atoms with Crippen molar-refractivity contribution >= 4 is 11.8 Å². The van der Waals surface area contributed by atoms with Crippen LogP contribution in [0.1, 0.15) is 57.8 Å². The van der Waals surface area contributed by atoms with Gasteiger partial charge in [-0.25, -0.2) is 0 Å². The van der Waals surface area contributed by atoms with Crippen molar-refractivity contribution in [2.24, 2.45) is 5.41 Å². The van der Waals surface area contributed by atoms with E-state index in [-0.39, 0.29) is 17.2 Å². The normalized spacial score (nSPS) is 27.1. The Hall–Kier alpha value is -0.900. The van der Waals surface area contributed by atoms with E-state index in [1.54, 1.807) is 0 Å². The Morgan fingerprint density at radius 3 is 2.42 bits per heavy atom. The lowest BCUT2D eigenvalue weighted by atomic mass is 9.79. The van der Waals surface area contributed by atoms with Crippen LogP contribution < -0.4 is 5.32 Å². The number of amides is 2. The molecule has 106 valence electrons. The van der Waals surface area contributed by atoms with Crippen molar-refractivity contribution in [3.8, 4) is 0 Å². The molecule has 0 atom stereocenters. The summed E-state index contributed by atoms with van der Waals surface area (Å²) in [6, 6.07) is 0.639. The van der Waals surface area contributed by atoms with Crippen LogP contribution in [0.3, 0.4) is 0 Å². The molecule has 0 bridgehead atoms.